The molecule has 0 spiro atoms. The summed E-state index contributed by atoms with van der Waals surface area (Å²) in [5.41, 5.74) is 2.15. The Hall–Kier alpha value is -2.31. The summed E-state index contributed by atoms with van der Waals surface area (Å²) >= 11 is 1.49. The largest absolute Gasteiger partial charge is 0.385 e. The number of benzene rings is 2. The Labute approximate surface area is 164 Å². The quantitative estimate of drug-likeness (QED) is 0.507. The van der Waals surface area contributed by atoms with Crippen molar-refractivity contribution < 1.29 is 14.3 Å². The highest BCUT2D eigenvalue weighted by atomic mass is 32.2. The molecule has 2 amide bonds. The zero-order valence-corrected chi connectivity index (χ0v) is 16.8. The summed E-state index contributed by atoms with van der Waals surface area (Å²) in [5, 5.41) is 5.44. The van der Waals surface area contributed by atoms with Crippen LogP contribution in [0.25, 0.3) is 0 Å². The second kappa shape index (κ2) is 10.7. The highest BCUT2D eigenvalue weighted by Crippen LogP contribution is 2.25. The molecule has 1 atom stereocenters. The second-order valence-corrected chi connectivity index (χ2v) is 7.62. The molecule has 2 aromatic rings. The molecular weight excluding hydrogens is 360 g/mol. The number of aryl methyl sites for hydroxylation is 1. The third kappa shape index (κ3) is 6.73. The van der Waals surface area contributed by atoms with Gasteiger partial charge in [0.25, 0.3) is 5.91 Å². The van der Waals surface area contributed by atoms with Crippen molar-refractivity contribution in [3.8, 4) is 0 Å². The van der Waals surface area contributed by atoms with E-state index < -0.39 is 0 Å². The van der Waals surface area contributed by atoms with E-state index in [-0.39, 0.29) is 17.1 Å². The van der Waals surface area contributed by atoms with E-state index in [4.69, 9.17) is 4.74 Å². The maximum Gasteiger partial charge on any atom is 0.253 e. The minimum absolute atomic E-state index is 0.139. The SMILES string of the molecule is COCCCNC(=O)c1ccccc1NC(=O)[C@H](C)Sc1ccc(C)cc1. The average molecular weight is 387 g/mol. The van der Waals surface area contributed by atoms with E-state index in [1.54, 1.807) is 31.4 Å². The number of rotatable bonds is 9. The van der Waals surface area contributed by atoms with Gasteiger partial charge in [-0.3, -0.25) is 9.59 Å². The summed E-state index contributed by atoms with van der Waals surface area (Å²) in [5.74, 6) is -0.346. The Balaban J connectivity index is 1.98. The molecule has 0 saturated carbocycles. The Morgan fingerprint density at radius 3 is 2.52 bits per heavy atom. The van der Waals surface area contributed by atoms with Crippen molar-refractivity contribution in [3.63, 3.8) is 0 Å². The van der Waals surface area contributed by atoms with E-state index in [1.807, 2.05) is 38.1 Å². The van der Waals surface area contributed by atoms with Crippen LogP contribution in [0.15, 0.2) is 53.4 Å². The lowest BCUT2D eigenvalue weighted by Crippen LogP contribution is -2.28. The van der Waals surface area contributed by atoms with Crippen LogP contribution in [-0.2, 0) is 9.53 Å². The number of hydrogen-bond acceptors (Lipinski definition) is 4. The summed E-state index contributed by atoms with van der Waals surface area (Å²) in [4.78, 5) is 26.0. The van der Waals surface area contributed by atoms with Gasteiger partial charge in [0.05, 0.1) is 16.5 Å². The predicted molar refractivity (Wildman–Crippen MR) is 110 cm³/mol. The van der Waals surface area contributed by atoms with E-state index in [1.165, 1.54) is 17.3 Å². The number of amides is 2. The normalized spacial score (nSPS) is 11.7. The summed E-state index contributed by atoms with van der Waals surface area (Å²) < 4.78 is 4.98. The van der Waals surface area contributed by atoms with Crippen LogP contribution in [0.2, 0.25) is 0 Å². The van der Waals surface area contributed by atoms with Crippen molar-refractivity contribution in [1.82, 2.24) is 5.32 Å². The number of hydrogen-bond donors (Lipinski definition) is 2. The molecule has 0 bridgehead atoms. The van der Waals surface area contributed by atoms with Crippen molar-refractivity contribution in [3.05, 3.63) is 59.7 Å². The predicted octanol–water partition coefficient (Wildman–Crippen LogP) is 3.88. The molecule has 0 aliphatic heterocycles. The van der Waals surface area contributed by atoms with Crippen molar-refractivity contribution >= 4 is 29.3 Å². The molecule has 2 N–H and O–H groups in total. The minimum Gasteiger partial charge on any atom is -0.385 e. The molecule has 0 fully saturated rings. The molecule has 0 aromatic heterocycles. The first-order valence-corrected chi connectivity index (χ1v) is 9.79. The lowest BCUT2D eigenvalue weighted by Gasteiger charge is -2.15. The highest BCUT2D eigenvalue weighted by Gasteiger charge is 2.18. The van der Waals surface area contributed by atoms with Crippen molar-refractivity contribution in [2.45, 2.75) is 30.4 Å². The number of methoxy groups -OCH3 is 1. The molecule has 5 nitrogen and oxygen atoms in total. The fourth-order valence-electron chi connectivity index (χ4n) is 2.41. The first-order valence-electron chi connectivity index (χ1n) is 8.91. The van der Waals surface area contributed by atoms with Crippen LogP contribution < -0.4 is 10.6 Å². The van der Waals surface area contributed by atoms with Crippen LogP contribution in [-0.4, -0.2) is 37.3 Å². The lowest BCUT2D eigenvalue weighted by molar-refractivity contribution is -0.115. The van der Waals surface area contributed by atoms with Gasteiger partial charge in [0.1, 0.15) is 0 Å². The maximum atomic E-state index is 12.6. The van der Waals surface area contributed by atoms with Gasteiger partial charge < -0.3 is 15.4 Å². The number of carbonyl (C=O) groups is 2. The molecule has 0 heterocycles. The van der Waals surface area contributed by atoms with E-state index >= 15 is 0 Å². The van der Waals surface area contributed by atoms with E-state index in [0.29, 0.717) is 24.4 Å². The van der Waals surface area contributed by atoms with Crippen LogP contribution in [0.3, 0.4) is 0 Å². The van der Waals surface area contributed by atoms with Gasteiger partial charge in [-0.1, -0.05) is 29.8 Å². The number of nitrogens with one attached hydrogen (secondary N) is 2. The van der Waals surface area contributed by atoms with Gasteiger partial charge in [0.2, 0.25) is 5.91 Å². The molecule has 0 saturated heterocycles. The molecule has 2 rings (SSSR count). The summed E-state index contributed by atoms with van der Waals surface area (Å²) in [7, 11) is 1.63. The fraction of sp³-hybridized carbons (Fsp3) is 0.333. The molecule has 6 heteroatoms. The van der Waals surface area contributed by atoms with Gasteiger partial charge in [0.15, 0.2) is 0 Å². The van der Waals surface area contributed by atoms with Crippen LogP contribution >= 0.6 is 11.8 Å². The van der Waals surface area contributed by atoms with Crippen LogP contribution in [0.4, 0.5) is 5.69 Å². The standard InChI is InChI=1S/C21H26N2O3S/c1-15-9-11-17(12-10-15)27-16(2)20(24)23-19-8-5-4-7-18(19)21(25)22-13-6-14-26-3/h4-5,7-12,16H,6,13-14H2,1-3H3,(H,22,25)(H,23,24)/t16-/m0/s1. The Bertz CT molecular complexity index is 762. The maximum absolute atomic E-state index is 12.6. The van der Waals surface area contributed by atoms with E-state index in [2.05, 4.69) is 10.6 Å². The van der Waals surface area contributed by atoms with Crippen LogP contribution in [0.5, 0.6) is 0 Å². The van der Waals surface area contributed by atoms with Gasteiger partial charge in [-0.25, -0.2) is 0 Å². The molecule has 144 valence electrons. The second-order valence-electron chi connectivity index (χ2n) is 6.21. The molecule has 2 aromatic carbocycles. The first kappa shape index (κ1) is 21.0. The summed E-state index contributed by atoms with van der Waals surface area (Å²) in [6, 6.07) is 15.1. The van der Waals surface area contributed by atoms with E-state index in [9.17, 15) is 9.59 Å². The van der Waals surface area contributed by atoms with E-state index in [0.717, 1.165) is 11.3 Å². The molecule has 27 heavy (non-hydrogen) atoms. The van der Waals surface area contributed by atoms with Gasteiger partial charge in [-0.15, -0.1) is 11.8 Å². The monoisotopic (exact) mass is 386 g/mol. The molecule has 0 aliphatic carbocycles. The topological polar surface area (TPSA) is 67.4 Å². The van der Waals surface area contributed by atoms with Crippen molar-refractivity contribution in [2.75, 3.05) is 25.6 Å². The zero-order chi connectivity index (χ0) is 19.6. The van der Waals surface area contributed by atoms with Gasteiger partial charge in [-0.2, -0.15) is 0 Å². The lowest BCUT2D eigenvalue weighted by atomic mass is 10.1. The first-order chi connectivity index (χ1) is 13.0. The number of para-hydroxylation sites is 1. The Morgan fingerprint density at radius 2 is 1.81 bits per heavy atom. The Kier molecular flexibility index (Phi) is 8.36. The van der Waals surface area contributed by atoms with Crippen LogP contribution in [0.1, 0.15) is 29.3 Å². The average Bonchev–Trinajstić information content (AvgIpc) is 2.67. The summed E-state index contributed by atoms with van der Waals surface area (Å²) in [6.07, 6.45) is 0.737. The summed E-state index contributed by atoms with van der Waals surface area (Å²) in [6.45, 7) is 5.00. The zero-order valence-electron chi connectivity index (χ0n) is 16.0. The molecule has 0 unspecified atom stereocenters. The number of thioether (sulfide) groups is 1. The number of anilines is 1. The highest BCUT2D eigenvalue weighted by molar-refractivity contribution is 8.00. The third-order valence-corrected chi connectivity index (χ3v) is 5.06. The Morgan fingerprint density at radius 1 is 1.11 bits per heavy atom. The smallest absolute Gasteiger partial charge is 0.253 e. The van der Waals surface area contributed by atoms with Crippen molar-refractivity contribution in [2.24, 2.45) is 0 Å². The van der Waals surface area contributed by atoms with Crippen LogP contribution in [0, 0.1) is 6.92 Å². The van der Waals surface area contributed by atoms with Gasteiger partial charge in [0, 0.05) is 25.2 Å². The minimum atomic E-state index is -0.287. The van der Waals surface area contributed by atoms with Gasteiger partial charge >= 0.3 is 0 Å². The number of ether oxygens (including phenoxy) is 1. The molecule has 0 aliphatic rings. The fourth-order valence-corrected chi connectivity index (χ4v) is 3.28. The third-order valence-electron chi connectivity index (χ3n) is 3.94. The van der Waals surface area contributed by atoms with Crippen molar-refractivity contribution in [1.29, 1.82) is 0 Å². The molecular formula is C21H26N2O3S. The number of carbonyl (C=O) groups excluding carboxylic acids is 2. The van der Waals surface area contributed by atoms with Gasteiger partial charge in [-0.05, 0) is 44.5 Å². The molecule has 0 radical (unpaired) electrons.